The van der Waals surface area contributed by atoms with Gasteiger partial charge in [-0.2, -0.15) is 0 Å². The van der Waals surface area contributed by atoms with Crippen molar-refractivity contribution < 1.29 is 4.79 Å². The molecule has 0 bridgehead atoms. The highest BCUT2D eigenvalue weighted by atomic mass is 35.5. The van der Waals surface area contributed by atoms with Gasteiger partial charge in [-0.15, -0.1) is 0 Å². The van der Waals surface area contributed by atoms with E-state index >= 15 is 0 Å². The second kappa shape index (κ2) is 7.70. The van der Waals surface area contributed by atoms with Crippen LogP contribution in [0.15, 0.2) is 48.6 Å². The Hall–Kier alpha value is -1.97. The van der Waals surface area contributed by atoms with E-state index in [9.17, 15) is 4.79 Å². The molecule has 1 aliphatic carbocycles. The van der Waals surface area contributed by atoms with Crippen LogP contribution in [0.5, 0.6) is 0 Å². The van der Waals surface area contributed by atoms with Crippen LogP contribution in [0, 0.1) is 5.92 Å². The van der Waals surface area contributed by atoms with Crippen molar-refractivity contribution >= 4 is 34.8 Å². The van der Waals surface area contributed by atoms with Crippen molar-refractivity contribution in [3.05, 3.63) is 75.3 Å². The highest BCUT2D eigenvalue weighted by Gasteiger charge is 2.39. The Morgan fingerprint density at radius 3 is 2.62 bits per heavy atom. The smallest absolute Gasteiger partial charge is 0.253 e. The van der Waals surface area contributed by atoms with E-state index in [4.69, 9.17) is 23.2 Å². The second-order valence-electron chi connectivity index (χ2n) is 8.30. The number of fused-ring (bicyclic) bond motifs is 3. The van der Waals surface area contributed by atoms with Crippen LogP contribution in [0.2, 0.25) is 10.0 Å². The lowest BCUT2D eigenvalue weighted by atomic mass is 9.76. The molecule has 3 nitrogen and oxygen atoms in total. The minimum absolute atomic E-state index is 0.121. The topological polar surface area (TPSA) is 32.3 Å². The van der Waals surface area contributed by atoms with Crippen molar-refractivity contribution in [2.75, 3.05) is 18.4 Å². The number of halogens is 2. The third-order valence-corrected chi connectivity index (χ3v) is 7.11. The summed E-state index contributed by atoms with van der Waals surface area (Å²) in [4.78, 5) is 15.0. The number of likely N-dealkylation sites (tertiary alicyclic amines) is 1. The number of anilines is 1. The van der Waals surface area contributed by atoms with Gasteiger partial charge in [-0.1, -0.05) is 41.4 Å². The maximum atomic E-state index is 13.0. The predicted octanol–water partition coefficient (Wildman–Crippen LogP) is 6.45. The molecule has 0 spiro atoms. The molecule has 29 heavy (non-hydrogen) atoms. The summed E-state index contributed by atoms with van der Waals surface area (Å²) in [5.41, 5.74) is 4.18. The van der Waals surface area contributed by atoms with Gasteiger partial charge in [-0.3, -0.25) is 4.79 Å². The summed E-state index contributed by atoms with van der Waals surface area (Å²) in [7, 11) is 0. The number of amides is 1. The first-order valence-corrected chi connectivity index (χ1v) is 11.2. The van der Waals surface area contributed by atoms with E-state index in [-0.39, 0.29) is 17.9 Å². The molecule has 2 aromatic rings. The molecule has 1 fully saturated rings. The first-order valence-electron chi connectivity index (χ1n) is 10.4. The molecule has 150 valence electrons. The van der Waals surface area contributed by atoms with Gasteiger partial charge >= 0.3 is 0 Å². The molecule has 3 atom stereocenters. The molecule has 2 aromatic carbocycles. The van der Waals surface area contributed by atoms with Gasteiger partial charge in [0.05, 0.1) is 6.04 Å². The third kappa shape index (κ3) is 3.45. The zero-order valence-electron chi connectivity index (χ0n) is 16.2. The van der Waals surface area contributed by atoms with Gasteiger partial charge in [-0.25, -0.2) is 0 Å². The Labute approximate surface area is 181 Å². The number of hydrogen-bond donors (Lipinski definition) is 1. The van der Waals surface area contributed by atoms with Crippen molar-refractivity contribution in [2.24, 2.45) is 5.92 Å². The molecule has 2 aliphatic heterocycles. The van der Waals surface area contributed by atoms with Gasteiger partial charge in [0.25, 0.3) is 5.91 Å². The fourth-order valence-electron chi connectivity index (χ4n) is 5.07. The van der Waals surface area contributed by atoms with Crippen molar-refractivity contribution in [1.82, 2.24) is 4.90 Å². The van der Waals surface area contributed by atoms with Crippen LogP contribution in [-0.2, 0) is 0 Å². The summed E-state index contributed by atoms with van der Waals surface area (Å²) in [6.07, 6.45) is 8.97. The largest absolute Gasteiger partial charge is 0.378 e. The van der Waals surface area contributed by atoms with Crippen LogP contribution >= 0.6 is 23.2 Å². The molecule has 1 saturated heterocycles. The number of carbonyl (C=O) groups excluding carboxylic acids is 1. The number of allylic oxidation sites excluding steroid dienone is 2. The Kier molecular flexibility index (Phi) is 5.05. The van der Waals surface area contributed by atoms with E-state index in [2.05, 4.69) is 29.6 Å². The first-order chi connectivity index (χ1) is 14.1. The number of rotatable bonds is 2. The molecule has 0 saturated carbocycles. The van der Waals surface area contributed by atoms with Gasteiger partial charge in [0.1, 0.15) is 0 Å². The number of piperidine rings is 1. The maximum Gasteiger partial charge on any atom is 0.253 e. The third-order valence-electron chi connectivity index (χ3n) is 6.55. The lowest BCUT2D eigenvalue weighted by Crippen LogP contribution is -2.36. The van der Waals surface area contributed by atoms with Gasteiger partial charge in [-0.05, 0) is 73.1 Å². The molecule has 0 radical (unpaired) electrons. The molecule has 0 aromatic heterocycles. The number of nitrogens with zero attached hydrogens (tertiary/aromatic N) is 1. The maximum absolute atomic E-state index is 13.0. The summed E-state index contributed by atoms with van der Waals surface area (Å²) in [5.74, 6) is 0.826. The van der Waals surface area contributed by atoms with Crippen molar-refractivity contribution in [1.29, 1.82) is 0 Å². The molecule has 1 N–H and O–H groups in total. The van der Waals surface area contributed by atoms with Gasteiger partial charge < -0.3 is 10.2 Å². The summed E-state index contributed by atoms with van der Waals surface area (Å²) >= 11 is 12.6. The number of nitrogens with one attached hydrogen (secondary N) is 1. The molecule has 2 heterocycles. The Balaban J connectivity index is 1.48. The minimum atomic E-state index is 0.121. The van der Waals surface area contributed by atoms with Crippen molar-refractivity contribution in [3.63, 3.8) is 0 Å². The van der Waals surface area contributed by atoms with Crippen molar-refractivity contribution in [3.8, 4) is 0 Å². The first kappa shape index (κ1) is 19.0. The highest BCUT2D eigenvalue weighted by molar-refractivity contribution is 6.35. The molecule has 0 unspecified atom stereocenters. The highest BCUT2D eigenvalue weighted by Crippen LogP contribution is 2.51. The summed E-state index contributed by atoms with van der Waals surface area (Å²) in [6.45, 7) is 1.74. The Morgan fingerprint density at radius 2 is 1.83 bits per heavy atom. The van der Waals surface area contributed by atoms with E-state index in [0.717, 1.165) is 49.2 Å². The van der Waals surface area contributed by atoms with Crippen LogP contribution in [0.1, 0.15) is 59.1 Å². The van der Waals surface area contributed by atoms with Crippen LogP contribution in [0.4, 0.5) is 5.69 Å². The fraction of sp³-hybridized carbons (Fsp3) is 0.375. The van der Waals surface area contributed by atoms with E-state index in [1.165, 1.54) is 12.0 Å². The number of benzene rings is 2. The quantitative estimate of drug-likeness (QED) is 0.559. The molecule has 5 heteroatoms. The summed E-state index contributed by atoms with van der Waals surface area (Å²) in [6, 6.07) is 12.0. The van der Waals surface area contributed by atoms with Gasteiger partial charge in [0.15, 0.2) is 0 Å². The van der Waals surface area contributed by atoms with E-state index in [0.29, 0.717) is 16.0 Å². The molecular weight excluding hydrogens is 403 g/mol. The predicted molar refractivity (Wildman–Crippen MR) is 119 cm³/mol. The molecule has 5 rings (SSSR count). The SMILES string of the molecule is O=C(c1ccc2c(c1)[C@H]1C=CC[C@@H]1[C@@H](c1ccc(Cl)cc1Cl)N2)N1CCCCC1. The standard InChI is InChI=1S/C24H24Cl2N2O/c25-16-8-9-19(21(26)14-16)23-18-6-4-5-17(18)20-13-15(7-10-22(20)27-23)24(29)28-11-2-1-3-12-28/h4-5,7-10,13-14,17-18,23,27H,1-3,6,11-12H2/t17-,18-,23-/m0/s1. The van der Waals surface area contributed by atoms with E-state index < -0.39 is 0 Å². The monoisotopic (exact) mass is 426 g/mol. The lowest BCUT2D eigenvalue weighted by Gasteiger charge is -2.38. The van der Waals surface area contributed by atoms with Crippen LogP contribution in [0.3, 0.4) is 0 Å². The summed E-state index contributed by atoms with van der Waals surface area (Å²) in [5, 5.41) is 5.04. The van der Waals surface area contributed by atoms with Crippen molar-refractivity contribution in [2.45, 2.75) is 37.6 Å². The minimum Gasteiger partial charge on any atom is -0.378 e. The number of hydrogen-bond acceptors (Lipinski definition) is 2. The lowest BCUT2D eigenvalue weighted by molar-refractivity contribution is 0.0724. The van der Waals surface area contributed by atoms with Crippen LogP contribution < -0.4 is 5.32 Å². The molecule has 3 aliphatic rings. The normalized spacial score (nSPS) is 25.3. The Morgan fingerprint density at radius 1 is 1.00 bits per heavy atom. The average molecular weight is 427 g/mol. The number of carbonyl (C=O) groups is 1. The second-order valence-corrected chi connectivity index (χ2v) is 9.14. The zero-order chi connectivity index (χ0) is 20.0. The van der Waals surface area contributed by atoms with Gasteiger partial charge in [0, 0.05) is 40.3 Å². The van der Waals surface area contributed by atoms with Gasteiger partial charge in [0.2, 0.25) is 0 Å². The molecule has 1 amide bonds. The molecular formula is C24H24Cl2N2O. The Bertz CT molecular complexity index is 981. The summed E-state index contributed by atoms with van der Waals surface area (Å²) < 4.78 is 0. The zero-order valence-corrected chi connectivity index (χ0v) is 17.7. The van der Waals surface area contributed by atoms with E-state index in [1.807, 2.05) is 29.2 Å². The van der Waals surface area contributed by atoms with E-state index in [1.54, 1.807) is 0 Å². The fourth-order valence-corrected chi connectivity index (χ4v) is 5.59. The van der Waals surface area contributed by atoms with Crippen LogP contribution in [-0.4, -0.2) is 23.9 Å². The van der Waals surface area contributed by atoms with Crippen LogP contribution in [0.25, 0.3) is 0 Å². The average Bonchev–Trinajstić information content (AvgIpc) is 3.23.